The molecule has 0 saturated heterocycles. The molecular formula is C30H42O7. The summed E-state index contributed by atoms with van der Waals surface area (Å²) in [6, 6.07) is 7.05. The normalized spacial score (nSPS) is 40.4. The highest BCUT2D eigenvalue weighted by atomic mass is 16.5. The lowest BCUT2D eigenvalue weighted by Gasteiger charge is -2.60. The number of rotatable bonds is 4. The lowest BCUT2D eigenvalue weighted by atomic mass is 9.44. The molecule has 7 heteroatoms. The summed E-state index contributed by atoms with van der Waals surface area (Å²) >= 11 is 0. The topological polar surface area (TPSA) is 121 Å². The van der Waals surface area contributed by atoms with Crippen molar-refractivity contribution in [3.05, 3.63) is 29.8 Å². The molecule has 1 aromatic rings. The first kappa shape index (κ1) is 27.9. The Morgan fingerprint density at radius 3 is 2.32 bits per heavy atom. The first-order chi connectivity index (χ1) is 17.4. The molecule has 0 bridgehead atoms. The second-order valence-electron chi connectivity index (χ2n) is 12.3. The predicted molar refractivity (Wildman–Crippen MR) is 138 cm³/mol. The van der Waals surface area contributed by atoms with Crippen molar-refractivity contribution >= 4 is 17.3 Å². The van der Waals surface area contributed by atoms with E-state index in [1.54, 1.807) is 38.3 Å². The van der Waals surface area contributed by atoms with Crippen molar-refractivity contribution in [2.45, 2.75) is 83.8 Å². The van der Waals surface area contributed by atoms with Gasteiger partial charge in [-0.2, -0.15) is 0 Å². The summed E-state index contributed by atoms with van der Waals surface area (Å²) in [6.07, 6.45) is 5.47. The van der Waals surface area contributed by atoms with Crippen LogP contribution in [0, 0.1) is 34.5 Å². The van der Waals surface area contributed by atoms with E-state index in [0.717, 1.165) is 44.3 Å². The zero-order valence-corrected chi connectivity index (χ0v) is 22.5. The SMILES string of the molecule is COc1ccc(C(C)=O)cc1.C[C@]12CC[C@@H](O)C[C@H]1CC[C@@H]1[C@@H]2C(=O)C[C@@]2(C)[C@H]1CC[C@]2(O)C(=O)CO. The summed E-state index contributed by atoms with van der Waals surface area (Å²) in [5.74, 6) is 1.23. The zero-order valence-electron chi connectivity index (χ0n) is 22.5. The van der Waals surface area contributed by atoms with E-state index in [0.29, 0.717) is 17.9 Å². The molecule has 5 rings (SSSR count). The molecular weight excluding hydrogens is 472 g/mol. The maximum absolute atomic E-state index is 13.4. The van der Waals surface area contributed by atoms with Crippen LogP contribution in [0.15, 0.2) is 24.3 Å². The maximum atomic E-state index is 13.4. The molecule has 4 saturated carbocycles. The van der Waals surface area contributed by atoms with Crippen LogP contribution in [0.1, 0.15) is 82.5 Å². The van der Waals surface area contributed by atoms with Gasteiger partial charge in [-0.3, -0.25) is 14.4 Å². The first-order valence-electron chi connectivity index (χ1n) is 13.6. The minimum Gasteiger partial charge on any atom is -0.497 e. The lowest BCUT2D eigenvalue weighted by Crippen LogP contribution is -2.62. The van der Waals surface area contributed by atoms with Crippen molar-refractivity contribution < 1.29 is 34.4 Å². The van der Waals surface area contributed by atoms with Crippen molar-refractivity contribution in [2.24, 2.45) is 34.5 Å². The zero-order chi connectivity index (χ0) is 27.2. The maximum Gasteiger partial charge on any atom is 0.190 e. The lowest BCUT2D eigenvalue weighted by molar-refractivity contribution is -0.180. The molecule has 0 unspecified atom stereocenters. The molecule has 0 spiro atoms. The number of hydrogen-bond donors (Lipinski definition) is 3. The van der Waals surface area contributed by atoms with Gasteiger partial charge in [-0.05, 0) is 99.3 Å². The van der Waals surface area contributed by atoms with Gasteiger partial charge in [0.2, 0.25) is 0 Å². The monoisotopic (exact) mass is 514 g/mol. The third-order valence-electron chi connectivity index (χ3n) is 10.6. The van der Waals surface area contributed by atoms with Gasteiger partial charge in [0.1, 0.15) is 23.7 Å². The Hall–Kier alpha value is -2.09. The van der Waals surface area contributed by atoms with Crippen molar-refractivity contribution in [1.82, 2.24) is 0 Å². The van der Waals surface area contributed by atoms with Crippen LogP contribution >= 0.6 is 0 Å². The number of hydrogen-bond acceptors (Lipinski definition) is 7. The van der Waals surface area contributed by atoms with Gasteiger partial charge < -0.3 is 20.1 Å². The van der Waals surface area contributed by atoms with Crippen LogP contribution in [-0.2, 0) is 9.59 Å². The fraction of sp³-hybridized carbons (Fsp3) is 0.700. The summed E-state index contributed by atoms with van der Waals surface area (Å²) in [4.78, 5) is 36.5. The fourth-order valence-corrected chi connectivity index (χ4v) is 8.47. The van der Waals surface area contributed by atoms with Gasteiger partial charge in [0.25, 0.3) is 0 Å². The summed E-state index contributed by atoms with van der Waals surface area (Å²) in [5, 5.41) is 30.6. The van der Waals surface area contributed by atoms with Crippen molar-refractivity contribution in [3.8, 4) is 5.75 Å². The van der Waals surface area contributed by atoms with Gasteiger partial charge in [-0.25, -0.2) is 0 Å². The number of carbonyl (C=O) groups excluding carboxylic acids is 3. The van der Waals surface area contributed by atoms with Crippen LogP contribution in [0.2, 0.25) is 0 Å². The van der Waals surface area contributed by atoms with E-state index >= 15 is 0 Å². The van der Waals surface area contributed by atoms with Crippen molar-refractivity contribution in [2.75, 3.05) is 13.7 Å². The third kappa shape index (κ3) is 4.57. The van der Waals surface area contributed by atoms with E-state index in [1.807, 2.05) is 6.92 Å². The quantitative estimate of drug-likeness (QED) is 0.523. The number of carbonyl (C=O) groups is 3. The summed E-state index contributed by atoms with van der Waals surface area (Å²) in [5.41, 5.74) is -1.69. The van der Waals surface area contributed by atoms with Crippen LogP contribution < -0.4 is 4.74 Å². The average Bonchev–Trinajstić information content (AvgIpc) is 3.15. The summed E-state index contributed by atoms with van der Waals surface area (Å²) in [7, 11) is 1.60. The van der Waals surface area contributed by atoms with E-state index < -0.39 is 23.4 Å². The van der Waals surface area contributed by atoms with Gasteiger partial charge in [-0.15, -0.1) is 0 Å². The minimum atomic E-state index is -1.58. The van der Waals surface area contributed by atoms with Crippen LogP contribution in [0.25, 0.3) is 0 Å². The number of ether oxygens (including phenoxy) is 1. The van der Waals surface area contributed by atoms with E-state index in [-0.39, 0.29) is 47.3 Å². The Kier molecular flexibility index (Phi) is 7.72. The second-order valence-corrected chi connectivity index (χ2v) is 12.3. The van der Waals surface area contributed by atoms with Crippen LogP contribution in [0.4, 0.5) is 0 Å². The number of fused-ring (bicyclic) bond motifs is 5. The van der Waals surface area contributed by atoms with Crippen molar-refractivity contribution in [3.63, 3.8) is 0 Å². The second kappa shape index (κ2) is 10.2. The highest BCUT2D eigenvalue weighted by Gasteiger charge is 2.68. The highest BCUT2D eigenvalue weighted by molar-refractivity contribution is 5.94. The van der Waals surface area contributed by atoms with Crippen LogP contribution in [0.5, 0.6) is 5.75 Å². The Bertz CT molecular complexity index is 1030. The van der Waals surface area contributed by atoms with E-state index in [4.69, 9.17) is 4.74 Å². The molecule has 8 atom stereocenters. The smallest absolute Gasteiger partial charge is 0.190 e. The third-order valence-corrected chi connectivity index (χ3v) is 10.6. The minimum absolute atomic E-state index is 0.0154. The average molecular weight is 515 g/mol. The highest BCUT2D eigenvalue weighted by Crippen LogP contribution is 2.67. The molecule has 3 N–H and O–H groups in total. The molecule has 204 valence electrons. The van der Waals surface area contributed by atoms with Gasteiger partial charge in [0.05, 0.1) is 13.2 Å². The van der Waals surface area contributed by atoms with Crippen LogP contribution in [-0.4, -0.2) is 58.1 Å². The fourth-order valence-electron chi connectivity index (χ4n) is 8.47. The van der Waals surface area contributed by atoms with Gasteiger partial charge in [0.15, 0.2) is 11.6 Å². The number of aliphatic hydroxyl groups excluding tert-OH is 2. The summed E-state index contributed by atoms with van der Waals surface area (Å²) < 4.78 is 4.94. The Balaban J connectivity index is 0.000000245. The molecule has 0 amide bonds. The molecule has 0 aliphatic heterocycles. The molecule has 4 aliphatic rings. The number of methoxy groups -OCH3 is 1. The summed E-state index contributed by atoms with van der Waals surface area (Å²) in [6.45, 7) is 5.01. The molecule has 37 heavy (non-hydrogen) atoms. The Morgan fingerprint density at radius 1 is 1.05 bits per heavy atom. The Morgan fingerprint density at radius 2 is 1.73 bits per heavy atom. The van der Waals surface area contributed by atoms with Gasteiger partial charge in [0, 0.05) is 23.3 Å². The number of Topliss-reactive ketones (excluding diaryl/α,β-unsaturated/α-hetero) is 3. The number of aliphatic hydroxyl groups is 3. The molecule has 0 radical (unpaired) electrons. The molecule has 4 fully saturated rings. The molecule has 4 aliphatic carbocycles. The predicted octanol–water partition coefficient (Wildman–Crippen LogP) is 3.76. The van der Waals surface area contributed by atoms with Gasteiger partial charge in [-0.1, -0.05) is 13.8 Å². The standard InChI is InChI=1S/C21H32O5.C9H10O2/c1-19-7-5-13(23)9-12(19)3-4-14-15-6-8-21(26,17(25)11-22)20(15,2)10-16(24)18(14)19;1-7(10)8-3-5-9(11-2)6-4-8/h12-15,18,22-23,26H,3-11H2,1-2H3;3-6H,1-2H3/t12-,13-,14+,15+,18-,19+,20+,21+;/m1./s1. The van der Waals surface area contributed by atoms with E-state index in [9.17, 15) is 29.7 Å². The van der Waals surface area contributed by atoms with Gasteiger partial charge >= 0.3 is 0 Å². The first-order valence-corrected chi connectivity index (χ1v) is 13.6. The Labute approximate surface area is 219 Å². The molecule has 7 nitrogen and oxygen atoms in total. The molecule has 0 heterocycles. The van der Waals surface area contributed by atoms with Crippen molar-refractivity contribution in [1.29, 1.82) is 0 Å². The molecule has 0 aromatic heterocycles. The number of benzene rings is 1. The number of ketones is 3. The molecule has 1 aromatic carbocycles. The van der Waals surface area contributed by atoms with Crippen LogP contribution in [0.3, 0.4) is 0 Å². The van der Waals surface area contributed by atoms with E-state index in [2.05, 4.69) is 6.92 Å². The largest absolute Gasteiger partial charge is 0.497 e. The van der Waals surface area contributed by atoms with E-state index in [1.165, 1.54) is 0 Å².